The monoisotopic (exact) mass is 285 g/mol. The Labute approximate surface area is 120 Å². The number of fused-ring (bicyclic) bond motifs is 1. The molecule has 3 heterocycles. The molecule has 0 aromatic carbocycles. The molecule has 0 unspecified atom stereocenters. The van der Waals surface area contributed by atoms with Gasteiger partial charge in [-0.05, 0) is 47.5 Å². The van der Waals surface area contributed by atoms with E-state index in [1.54, 1.807) is 28.0 Å². The summed E-state index contributed by atoms with van der Waals surface area (Å²) >= 11 is 1.71. The van der Waals surface area contributed by atoms with Crippen LogP contribution in [0.5, 0.6) is 0 Å². The first-order valence-corrected chi connectivity index (χ1v) is 7.46. The Balaban J connectivity index is 1.64. The van der Waals surface area contributed by atoms with Crippen molar-refractivity contribution in [1.82, 2.24) is 14.7 Å². The van der Waals surface area contributed by atoms with Crippen molar-refractivity contribution in [2.24, 2.45) is 0 Å². The number of rotatable bonds is 5. The zero-order chi connectivity index (χ0) is 13.8. The van der Waals surface area contributed by atoms with Crippen LogP contribution in [-0.2, 0) is 13.0 Å². The second-order valence-corrected chi connectivity index (χ2v) is 5.35. The number of thiophene rings is 1. The number of aromatic nitrogens is 2. The Kier molecular flexibility index (Phi) is 3.90. The van der Waals surface area contributed by atoms with Crippen molar-refractivity contribution in [2.45, 2.75) is 13.0 Å². The van der Waals surface area contributed by atoms with Crippen molar-refractivity contribution in [3.63, 3.8) is 0 Å². The van der Waals surface area contributed by atoms with E-state index in [9.17, 15) is 4.79 Å². The number of hydrogen-bond donors (Lipinski definition) is 1. The lowest BCUT2D eigenvalue weighted by Crippen LogP contribution is -2.21. The van der Waals surface area contributed by atoms with Crippen LogP contribution in [-0.4, -0.2) is 15.9 Å². The van der Waals surface area contributed by atoms with Crippen molar-refractivity contribution in [2.75, 3.05) is 6.54 Å². The number of pyridine rings is 1. The first-order valence-electron chi connectivity index (χ1n) is 6.52. The normalized spacial score (nSPS) is 11.0. The van der Waals surface area contributed by atoms with Crippen LogP contribution in [0.4, 0.5) is 0 Å². The molecule has 0 bridgehead atoms. The molecule has 0 spiro atoms. The van der Waals surface area contributed by atoms with Gasteiger partial charge >= 0.3 is 0 Å². The highest BCUT2D eigenvalue weighted by Crippen LogP contribution is 2.05. The summed E-state index contributed by atoms with van der Waals surface area (Å²) in [5.41, 5.74) is 2.78. The lowest BCUT2D eigenvalue weighted by molar-refractivity contribution is 0.674. The van der Waals surface area contributed by atoms with E-state index in [0.717, 1.165) is 18.7 Å². The minimum atomic E-state index is -0.0368. The maximum Gasteiger partial charge on any atom is 0.258 e. The molecule has 0 aliphatic rings. The van der Waals surface area contributed by atoms with Gasteiger partial charge in [0.05, 0.1) is 5.69 Å². The van der Waals surface area contributed by atoms with Gasteiger partial charge in [0.2, 0.25) is 0 Å². The van der Waals surface area contributed by atoms with Gasteiger partial charge < -0.3 is 5.32 Å². The van der Waals surface area contributed by atoms with E-state index >= 15 is 0 Å². The molecule has 0 amide bonds. The second kappa shape index (κ2) is 5.98. The maximum atomic E-state index is 11.9. The fourth-order valence-corrected chi connectivity index (χ4v) is 2.78. The third-order valence-electron chi connectivity index (χ3n) is 3.10. The predicted octanol–water partition coefficient (Wildman–Crippen LogP) is 2.09. The molecule has 102 valence electrons. The molecular formula is C15H15N3OS. The third kappa shape index (κ3) is 2.95. The summed E-state index contributed by atoms with van der Waals surface area (Å²) in [4.78, 5) is 16.4. The first-order chi connectivity index (χ1) is 9.83. The van der Waals surface area contributed by atoms with Crippen molar-refractivity contribution >= 4 is 17.0 Å². The fourth-order valence-electron chi connectivity index (χ4n) is 2.08. The summed E-state index contributed by atoms with van der Waals surface area (Å²) in [6, 6.07) is 9.28. The molecule has 0 aliphatic heterocycles. The largest absolute Gasteiger partial charge is 0.311 e. The van der Waals surface area contributed by atoms with Crippen LogP contribution in [0.1, 0.15) is 11.3 Å². The molecule has 3 rings (SSSR count). The Morgan fingerprint density at radius 1 is 1.30 bits per heavy atom. The highest BCUT2D eigenvalue weighted by Gasteiger charge is 2.01. The third-order valence-corrected chi connectivity index (χ3v) is 3.83. The van der Waals surface area contributed by atoms with Gasteiger partial charge in [-0.3, -0.25) is 9.20 Å². The van der Waals surface area contributed by atoms with Gasteiger partial charge in [-0.25, -0.2) is 4.98 Å². The van der Waals surface area contributed by atoms with Crippen molar-refractivity contribution < 1.29 is 0 Å². The van der Waals surface area contributed by atoms with Crippen LogP contribution < -0.4 is 10.9 Å². The predicted molar refractivity (Wildman–Crippen MR) is 81.2 cm³/mol. The van der Waals surface area contributed by atoms with Crippen LogP contribution in [0.15, 0.2) is 52.1 Å². The Bertz CT molecular complexity index is 749. The molecule has 20 heavy (non-hydrogen) atoms. The maximum absolute atomic E-state index is 11.9. The molecule has 3 aromatic heterocycles. The van der Waals surface area contributed by atoms with Crippen LogP contribution in [0.3, 0.4) is 0 Å². The van der Waals surface area contributed by atoms with E-state index in [4.69, 9.17) is 0 Å². The molecule has 0 radical (unpaired) electrons. The first kappa shape index (κ1) is 13.0. The smallest absolute Gasteiger partial charge is 0.258 e. The molecule has 0 fully saturated rings. The van der Waals surface area contributed by atoms with E-state index in [-0.39, 0.29) is 5.56 Å². The van der Waals surface area contributed by atoms with E-state index in [0.29, 0.717) is 12.2 Å². The van der Waals surface area contributed by atoms with E-state index in [1.165, 1.54) is 5.56 Å². The molecule has 0 saturated heterocycles. The fraction of sp³-hybridized carbons (Fsp3) is 0.200. The van der Waals surface area contributed by atoms with Gasteiger partial charge in [0.15, 0.2) is 0 Å². The Morgan fingerprint density at radius 3 is 3.10 bits per heavy atom. The van der Waals surface area contributed by atoms with Crippen LogP contribution in [0.25, 0.3) is 5.65 Å². The molecule has 5 heteroatoms. The van der Waals surface area contributed by atoms with Crippen molar-refractivity contribution in [3.8, 4) is 0 Å². The number of hydrogen-bond acceptors (Lipinski definition) is 4. The number of nitrogens with one attached hydrogen (secondary N) is 1. The topological polar surface area (TPSA) is 46.4 Å². The highest BCUT2D eigenvalue weighted by atomic mass is 32.1. The van der Waals surface area contributed by atoms with Crippen molar-refractivity contribution in [3.05, 3.63) is 68.9 Å². The van der Waals surface area contributed by atoms with E-state index < -0.39 is 0 Å². The standard InChI is InChI=1S/C15H15N3OS/c19-15-9-13(17-14-3-1-2-7-18(14)15)10-16-6-4-12-5-8-20-11-12/h1-3,5,7-9,11,16H,4,6,10H2. The second-order valence-electron chi connectivity index (χ2n) is 4.57. The van der Waals surface area contributed by atoms with Crippen LogP contribution in [0.2, 0.25) is 0 Å². The van der Waals surface area contributed by atoms with Gasteiger partial charge in [0.1, 0.15) is 5.65 Å². The lowest BCUT2D eigenvalue weighted by atomic mass is 10.2. The molecule has 4 nitrogen and oxygen atoms in total. The molecule has 0 saturated carbocycles. The van der Waals surface area contributed by atoms with Gasteiger partial charge in [-0.15, -0.1) is 0 Å². The zero-order valence-electron chi connectivity index (χ0n) is 11.0. The van der Waals surface area contributed by atoms with Gasteiger partial charge in [-0.2, -0.15) is 11.3 Å². The average Bonchev–Trinajstić information content (AvgIpc) is 2.97. The summed E-state index contributed by atoms with van der Waals surface area (Å²) in [6.45, 7) is 1.50. The highest BCUT2D eigenvalue weighted by molar-refractivity contribution is 7.07. The quantitative estimate of drug-likeness (QED) is 0.730. The minimum absolute atomic E-state index is 0.0368. The average molecular weight is 285 g/mol. The van der Waals surface area contributed by atoms with Gasteiger partial charge in [-0.1, -0.05) is 6.07 Å². The summed E-state index contributed by atoms with van der Waals surface area (Å²) < 4.78 is 1.55. The minimum Gasteiger partial charge on any atom is -0.311 e. The SMILES string of the molecule is O=c1cc(CNCCc2ccsc2)nc2ccccn12. The van der Waals surface area contributed by atoms with Crippen molar-refractivity contribution in [1.29, 1.82) is 0 Å². The van der Waals surface area contributed by atoms with E-state index in [1.807, 2.05) is 18.2 Å². The summed E-state index contributed by atoms with van der Waals surface area (Å²) in [7, 11) is 0. The van der Waals surface area contributed by atoms with Gasteiger partial charge in [0, 0.05) is 18.8 Å². The molecule has 0 aliphatic carbocycles. The molecule has 0 atom stereocenters. The zero-order valence-corrected chi connectivity index (χ0v) is 11.8. The summed E-state index contributed by atoms with van der Waals surface area (Å²) in [6.07, 6.45) is 2.73. The summed E-state index contributed by atoms with van der Waals surface area (Å²) in [5, 5.41) is 7.57. The van der Waals surface area contributed by atoms with Crippen LogP contribution >= 0.6 is 11.3 Å². The Hall–Kier alpha value is -1.98. The lowest BCUT2D eigenvalue weighted by Gasteiger charge is -2.05. The Morgan fingerprint density at radius 2 is 2.25 bits per heavy atom. The molecule has 3 aromatic rings. The van der Waals surface area contributed by atoms with E-state index in [2.05, 4.69) is 27.1 Å². The molecule has 1 N–H and O–H groups in total. The molecular weight excluding hydrogens is 270 g/mol. The van der Waals surface area contributed by atoms with Crippen LogP contribution in [0, 0.1) is 0 Å². The number of nitrogens with zero attached hydrogens (tertiary/aromatic N) is 2. The summed E-state index contributed by atoms with van der Waals surface area (Å²) in [5.74, 6) is 0. The van der Waals surface area contributed by atoms with Gasteiger partial charge in [0.25, 0.3) is 5.56 Å².